The molecule has 0 saturated carbocycles. The molecule has 2 aromatic carbocycles. The number of imidazole rings is 1. The lowest BCUT2D eigenvalue weighted by Gasteiger charge is -2.38. The molecule has 1 aliphatic heterocycles. The molecule has 3 aromatic rings. The van der Waals surface area contributed by atoms with Gasteiger partial charge in [-0.15, -0.1) is 0 Å². The minimum Gasteiger partial charge on any atom is -0.494 e. The number of ether oxygens (including phenoxy) is 2. The van der Waals surface area contributed by atoms with Gasteiger partial charge >= 0.3 is 5.97 Å². The van der Waals surface area contributed by atoms with Crippen LogP contribution in [0.2, 0.25) is 0 Å². The van der Waals surface area contributed by atoms with E-state index in [4.69, 9.17) is 14.5 Å². The number of carbonyl (C=O) groups excluding carboxylic acids is 2. The summed E-state index contributed by atoms with van der Waals surface area (Å²) in [4.78, 5) is 33.5. The maximum absolute atomic E-state index is 13.8. The molecule has 0 bridgehead atoms. The molecule has 1 amide bonds. The van der Waals surface area contributed by atoms with Crippen LogP contribution >= 0.6 is 0 Å². The minimum atomic E-state index is -0.992. The smallest absolute Gasteiger partial charge is 0.321 e. The van der Waals surface area contributed by atoms with Crippen molar-refractivity contribution in [1.82, 2.24) is 9.55 Å². The molecular formula is C27H33N3O4. The summed E-state index contributed by atoms with van der Waals surface area (Å²) in [6.45, 7) is 7.31. The van der Waals surface area contributed by atoms with Crippen LogP contribution in [0, 0.1) is 5.92 Å². The fraction of sp³-hybridized carbons (Fsp3) is 0.444. The van der Waals surface area contributed by atoms with Crippen molar-refractivity contribution in [3.63, 3.8) is 0 Å². The molecule has 0 radical (unpaired) electrons. The first-order valence-corrected chi connectivity index (χ1v) is 12.3. The highest BCUT2D eigenvalue weighted by atomic mass is 16.5. The summed E-state index contributed by atoms with van der Waals surface area (Å²) < 4.78 is 13.2. The fourth-order valence-electron chi connectivity index (χ4n) is 4.56. The fourth-order valence-corrected chi connectivity index (χ4v) is 4.56. The third-order valence-corrected chi connectivity index (χ3v) is 6.16. The van der Waals surface area contributed by atoms with Gasteiger partial charge in [0.15, 0.2) is 5.92 Å². The Kier molecular flexibility index (Phi) is 7.50. The lowest BCUT2D eigenvalue weighted by molar-refractivity contribution is -0.153. The number of nitrogens with zero attached hydrogens (tertiary/aromatic N) is 3. The average molecular weight is 464 g/mol. The third kappa shape index (κ3) is 4.52. The molecule has 0 aliphatic carbocycles. The van der Waals surface area contributed by atoms with E-state index >= 15 is 0 Å². The van der Waals surface area contributed by atoms with E-state index in [-0.39, 0.29) is 12.5 Å². The first-order chi connectivity index (χ1) is 16.6. The van der Waals surface area contributed by atoms with Crippen LogP contribution in [0.25, 0.3) is 11.0 Å². The van der Waals surface area contributed by atoms with Crippen molar-refractivity contribution in [2.75, 3.05) is 24.7 Å². The van der Waals surface area contributed by atoms with Gasteiger partial charge in [-0.1, -0.05) is 51.0 Å². The Hall–Kier alpha value is -3.35. The summed E-state index contributed by atoms with van der Waals surface area (Å²) in [6, 6.07) is 14.9. The number of fused-ring (bicyclic) bond motifs is 3. The van der Waals surface area contributed by atoms with Crippen molar-refractivity contribution in [1.29, 1.82) is 0 Å². The topological polar surface area (TPSA) is 73.7 Å². The van der Waals surface area contributed by atoms with Crippen LogP contribution in [0.15, 0.2) is 48.5 Å². The number of rotatable bonds is 10. The molecule has 1 aliphatic rings. The molecule has 2 unspecified atom stereocenters. The lowest BCUT2D eigenvalue weighted by atomic mass is 9.89. The van der Waals surface area contributed by atoms with Crippen LogP contribution in [0.4, 0.5) is 5.95 Å². The maximum atomic E-state index is 13.8. The van der Waals surface area contributed by atoms with E-state index in [2.05, 4.69) is 13.8 Å². The summed E-state index contributed by atoms with van der Waals surface area (Å²) in [5.74, 6) is -0.410. The number of anilines is 1. The summed E-state index contributed by atoms with van der Waals surface area (Å²) in [6.07, 6.45) is 3.79. The van der Waals surface area contributed by atoms with Gasteiger partial charge in [-0.05, 0) is 49.6 Å². The molecule has 2 atom stereocenters. The molecule has 7 heteroatoms. The summed E-state index contributed by atoms with van der Waals surface area (Å²) in [5.41, 5.74) is 2.52. The highest BCUT2D eigenvalue weighted by molar-refractivity contribution is 6.08. The molecule has 180 valence electrons. The van der Waals surface area contributed by atoms with Crippen LogP contribution in [0.1, 0.15) is 58.1 Å². The van der Waals surface area contributed by atoms with E-state index in [0.29, 0.717) is 19.1 Å². The molecule has 7 nitrogen and oxygen atoms in total. The Bertz CT molecular complexity index is 1140. The van der Waals surface area contributed by atoms with E-state index < -0.39 is 17.9 Å². The Morgan fingerprint density at radius 1 is 1.00 bits per heavy atom. The van der Waals surface area contributed by atoms with Crippen molar-refractivity contribution < 1.29 is 19.1 Å². The molecule has 0 fully saturated rings. The van der Waals surface area contributed by atoms with E-state index in [1.165, 1.54) is 0 Å². The van der Waals surface area contributed by atoms with Crippen LogP contribution in [0.5, 0.6) is 5.75 Å². The predicted octanol–water partition coefficient (Wildman–Crippen LogP) is 5.13. The average Bonchev–Trinajstić information content (AvgIpc) is 3.23. The zero-order chi connectivity index (χ0) is 24.1. The Labute approximate surface area is 200 Å². The third-order valence-electron chi connectivity index (χ3n) is 6.16. The molecule has 4 rings (SSSR count). The van der Waals surface area contributed by atoms with E-state index in [9.17, 15) is 9.59 Å². The second-order valence-corrected chi connectivity index (χ2v) is 8.56. The molecule has 34 heavy (non-hydrogen) atoms. The Balaban J connectivity index is 1.86. The number of benzene rings is 2. The number of hydrogen-bond acceptors (Lipinski definition) is 5. The van der Waals surface area contributed by atoms with Crippen molar-refractivity contribution in [2.45, 2.75) is 52.5 Å². The number of carbonyl (C=O) groups is 2. The van der Waals surface area contributed by atoms with Gasteiger partial charge in [-0.2, -0.15) is 0 Å². The number of para-hydroxylation sites is 2. The number of amides is 1. The van der Waals surface area contributed by atoms with Gasteiger partial charge in [0.25, 0.3) is 0 Å². The van der Waals surface area contributed by atoms with Gasteiger partial charge < -0.3 is 14.0 Å². The number of aromatic nitrogens is 2. The normalized spacial score (nSPS) is 17.6. The molecular weight excluding hydrogens is 430 g/mol. The Morgan fingerprint density at radius 2 is 1.76 bits per heavy atom. The number of unbranched alkanes of at least 4 members (excludes halogenated alkanes) is 2. The predicted molar refractivity (Wildman–Crippen MR) is 132 cm³/mol. The summed E-state index contributed by atoms with van der Waals surface area (Å²) >= 11 is 0. The SMILES string of the molecule is CCCCCN1C(=O)C(C(=O)OCC)C(c2ccc(OCCC)cc2)n2c1nc1ccccc12. The first-order valence-electron chi connectivity index (χ1n) is 12.3. The van der Waals surface area contributed by atoms with Crippen molar-refractivity contribution in [3.05, 3.63) is 54.1 Å². The summed E-state index contributed by atoms with van der Waals surface area (Å²) in [5, 5.41) is 0. The first kappa shape index (κ1) is 23.8. The van der Waals surface area contributed by atoms with Crippen LogP contribution < -0.4 is 9.64 Å². The highest BCUT2D eigenvalue weighted by Crippen LogP contribution is 2.41. The standard InChI is InChI=1S/C27H33N3O4/c1-4-7-10-17-29-25(31)23(26(32)33-6-3)24(19-13-15-20(16-14-19)34-18-5-2)30-22-12-9-8-11-21(22)28-27(29)30/h8-9,11-16,23-24H,4-7,10,17-18H2,1-3H3. The zero-order valence-corrected chi connectivity index (χ0v) is 20.2. The number of esters is 1. The molecule has 1 aromatic heterocycles. The van der Waals surface area contributed by atoms with Crippen molar-refractivity contribution >= 4 is 28.9 Å². The number of hydrogen-bond donors (Lipinski definition) is 0. The quantitative estimate of drug-likeness (QED) is 0.237. The molecule has 0 spiro atoms. The molecule has 2 heterocycles. The van der Waals surface area contributed by atoms with E-state index in [0.717, 1.165) is 48.0 Å². The van der Waals surface area contributed by atoms with Gasteiger partial charge in [0.05, 0.1) is 30.3 Å². The second-order valence-electron chi connectivity index (χ2n) is 8.56. The summed E-state index contributed by atoms with van der Waals surface area (Å²) in [7, 11) is 0. The Morgan fingerprint density at radius 3 is 2.47 bits per heavy atom. The van der Waals surface area contributed by atoms with E-state index in [1.807, 2.05) is 53.1 Å². The van der Waals surface area contributed by atoms with Crippen LogP contribution in [-0.2, 0) is 14.3 Å². The maximum Gasteiger partial charge on any atom is 0.321 e. The van der Waals surface area contributed by atoms with Gasteiger partial charge in [0, 0.05) is 6.54 Å². The van der Waals surface area contributed by atoms with Crippen molar-refractivity contribution in [2.24, 2.45) is 5.92 Å². The van der Waals surface area contributed by atoms with Gasteiger partial charge in [0.1, 0.15) is 5.75 Å². The second kappa shape index (κ2) is 10.7. The zero-order valence-electron chi connectivity index (χ0n) is 20.2. The van der Waals surface area contributed by atoms with Crippen LogP contribution in [0.3, 0.4) is 0 Å². The van der Waals surface area contributed by atoms with Crippen LogP contribution in [-0.4, -0.2) is 41.2 Å². The van der Waals surface area contributed by atoms with E-state index in [1.54, 1.807) is 11.8 Å². The molecule has 0 N–H and O–H groups in total. The van der Waals surface area contributed by atoms with Gasteiger partial charge in [0.2, 0.25) is 11.9 Å². The van der Waals surface area contributed by atoms with Crippen molar-refractivity contribution in [3.8, 4) is 5.75 Å². The monoisotopic (exact) mass is 463 g/mol. The minimum absolute atomic E-state index is 0.215. The molecule has 0 saturated heterocycles. The largest absolute Gasteiger partial charge is 0.494 e. The van der Waals surface area contributed by atoms with Gasteiger partial charge in [-0.3, -0.25) is 14.5 Å². The lowest BCUT2D eigenvalue weighted by Crippen LogP contribution is -2.50. The van der Waals surface area contributed by atoms with Gasteiger partial charge in [-0.25, -0.2) is 4.98 Å². The highest BCUT2D eigenvalue weighted by Gasteiger charge is 2.47.